The van der Waals surface area contributed by atoms with Gasteiger partial charge in [0.05, 0.1) is 5.52 Å². The number of para-hydroxylation sites is 1. The van der Waals surface area contributed by atoms with Gasteiger partial charge in [0.15, 0.2) is 5.82 Å². The molecular formula is C25H23FN6O2. The smallest absolute Gasteiger partial charge is 0.270 e. The third-order valence-corrected chi connectivity index (χ3v) is 6.09. The predicted molar refractivity (Wildman–Crippen MR) is 125 cm³/mol. The average Bonchev–Trinajstić information content (AvgIpc) is 3.32. The van der Waals surface area contributed by atoms with E-state index in [1.807, 2.05) is 6.07 Å². The summed E-state index contributed by atoms with van der Waals surface area (Å²) < 4.78 is 15.4. The van der Waals surface area contributed by atoms with Crippen LogP contribution in [0.5, 0.6) is 0 Å². The van der Waals surface area contributed by atoms with E-state index in [4.69, 9.17) is 0 Å². The van der Waals surface area contributed by atoms with Gasteiger partial charge >= 0.3 is 0 Å². The van der Waals surface area contributed by atoms with Gasteiger partial charge in [0.2, 0.25) is 5.91 Å². The third kappa shape index (κ3) is 4.63. The second-order valence-corrected chi connectivity index (χ2v) is 8.37. The molecule has 172 valence electrons. The minimum absolute atomic E-state index is 0.00764. The molecule has 9 heteroatoms. The number of rotatable bonds is 5. The highest BCUT2D eigenvalue weighted by Crippen LogP contribution is 2.26. The van der Waals surface area contributed by atoms with Crippen molar-refractivity contribution in [3.8, 4) is 5.69 Å². The second kappa shape index (κ2) is 9.38. The van der Waals surface area contributed by atoms with Gasteiger partial charge in [-0.3, -0.25) is 14.6 Å². The summed E-state index contributed by atoms with van der Waals surface area (Å²) in [7, 11) is 0. The summed E-state index contributed by atoms with van der Waals surface area (Å²) in [5.74, 6) is -0.516. The minimum Gasteiger partial charge on any atom is -0.348 e. The third-order valence-electron chi connectivity index (χ3n) is 6.09. The van der Waals surface area contributed by atoms with Crippen molar-refractivity contribution in [1.82, 2.24) is 25.1 Å². The van der Waals surface area contributed by atoms with Crippen molar-refractivity contribution >= 4 is 28.5 Å². The van der Waals surface area contributed by atoms with Crippen LogP contribution in [-0.2, 0) is 4.79 Å². The van der Waals surface area contributed by atoms with E-state index in [0.717, 1.165) is 10.9 Å². The molecule has 3 heterocycles. The molecule has 0 saturated heterocycles. The number of anilines is 1. The number of pyridine rings is 2. The van der Waals surface area contributed by atoms with Crippen LogP contribution in [0.3, 0.4) is 0 Å². The number of aromatic nitrogens is 4. The Balaban J connectivity index is 1.14. The van der Waals surface area contributed by atoms with E-state index in [1.54, 1.807) is 55.0 Å². The molecule has 1 aliphatic rings. The summed E-state index contributed by atoms with van der Waals surface area (Å²) in [5, 5.41) is 11.0. The number of carbonyl (C=O) groups is 2. The Hall–Kier alpha value is -4.14. The largest absolute Gasteiger partial charge is 0.348 e. The number of carbonyl (C=O) groups excluding carboxylic acids is 2. The van der Waals surface area contributed by atoms with Crippen LogP contribution in [0.2, 0.25) is 0 Å². The Morgan fingerprint density at radius 2 is 1.82 bits per heavy atom. The molecule has 0 bridgehead atoms. The van der Waals surface area contributed by atoms with Gasteiger partial charge in [-0.2, -0.15) is 0 Å². The number of hydrogen-bond donors (Lipinski definition) is 2. The lowest BCUT2D eigenvalue weighted by Crippen LogP contribution is -2.39. The molecule has 1 saturated carbocycles. The van der Waals surface area contributed by atoms with Gasteiger partial charge in [0, 0.05) is 42.0 Å². The Kier molecular flexibility index (Phi) is 5.99. The highest BCUT2D eigenvalue weighted by atomic mass is 19.1. The fraction of sp³-hybridized carbons (Fsp3) is 0.240. The van der Waals surface area contributed by atoms with Crippen LogP contribution in [0.25, 0.3) is 16.6 Å². The maximum Gasteiger partial charge on any atom is 0.270 e. The molecule has 0 radical (unpaired) electrons. The van der Waals surface area contributed by atoms with Crippen LogP contribution in [0, 0.1) is 11.7 Å². The molecule has 1 aliphatic carbocycles. The molecule has 0 spiro atoms. The van der Waals surface area contributed by atoms with Crippen LogP contribution >= 0.6 is 0 Å². The Bertz CT molecular complexity index is 1350. The van der Waals surface area contributed by atoms with E-state index in [2.05, 4.69) is 25.7 Å². The topological polar surface area (TPSA) is 102 Å². The van der Waals surface area contributed by atoms with Crippen LogP contribution in [0.15, 0.2) is 67.1 Å². The first kappa shape index (κ1) is 21.7. The van der Waals surface area contributed by atoms with Gasteiger partial charge in [0.25, 0.3) is 5.91 Å². The first-order valence-corrected chi connectivity index (χ1v) is 11.2. The number of nitrogens with one attached hydrogen (secondary N) is 2. The predicted octanol–water partition coefficient (Wildman–Crippen LogP) is 3.88. The number of nitrogens with zero attached hydrogens (tertiary/aromatic N) is 4. The lowest BCUT2D eigenvalue weighted by atomic mass is 9.85. The van der Waals surface area contributed by atoms with Gasteiger partial charge in [-0.25, -0.2) is 14.1 Å². The number of fused-ring (bicyclic) bond motifs is 1. The Morgan fingerprint density at radius 3 is 2.65 bits per heavy atom. The fourth-order valence-electron chi connectivity index (χ4n) is 4.24. The molecule has 5 rings (SSSR count). The molecule has 2 amide bonds. The van der Waals surface area contributed by atoms with Gasteiger partial charge in [-0.15, -0.1) is 5.10 Å². The molecule has 1 fully saturated rings. The lowest BCUT2D eigenvalue weighted by molar-refractivity contribution is -0.120. The van der Waals surface area contributed by atoms with Crippen molar-refractivity contribution in [2.45, 2.75) is 31.7 Å². The standard InChI is InChI=1S/C25H23FN6O2/c26-19-3-1-2-4-22(19)32-14-12-23(31-32)30-24(33)16-5-8-18(9-6-16)28-25(34)21-10-7-17-15-27-13-11-20(17)29-21/h1-4,7,10-16,18H,5-6,8-9H2,(H,28,34)(H,30,31,33)/t16-,18+. The SMILES string of the molecule is O=C(N[C@H]1CC[C@@H](C(=O)Nc2ccn(-c3ccccc3F)n2)CC1)c1ccc2cnccc2n1. The molecule has 1 aromatic carbocycles. The van der Waals surface area contributed by atoms with E-state index >= 15 is 0 Å². The maximum atomic E-state index is 14.0. The first-order valence-electron chi connectivity index (χ1n) is 11.2. The highest BCUT2D eigenvalue weighted by molar-refractivity contribution is 5.95. The van der Waals surface area contributed by atoms with E-state index in [1.165, 1.54) is 10.7 Å². The molecular weight excluding hydrogens is 435 g/mol. The van der Waals surface area contributed by atoms with Crippen LogP contribution in [-0.4, -0.2) is 37.6 Å². The number of hydrogen-bond acceptors (Lipinski definition) is 5. The van der Waals surface area contributed by atoms with Crippen molar-refractivity contribution in [2.75, 3.05) is 5.32 Å². The van der Waals surface area contributed by atoms with Gasteiger partial charge in [0.1, 0.15) is 17.2 Å². The number of benzene rings is 1. The average molecular weight is 458 g/mol. The normalized spacial score (nSPS) is 17.9. The molecule has 0 aliphatic heterocycles. The zero-order chi connectivity index (χ0) is 23.5. The van der Waals surface area contributed by atoms with E-state index in [-0.39, 0.29) is 29.6 Å². The molecule has 34 heavy (non-hydrogen) atoms. The van der Waals surface area contributed by atoms with Gasteiger partial charge in [-0.05, 0) is 56.0 Å². The summed E-state index contributed by atoms with van der Waals surface area (Å²) in [4.78, 5) is 33.8. The summed E-state index contributed by atoms with van der Waals surface area (Å²) in [6, 6.07) is 13.2. The van der Waals surface area contributed by atoms with Crippen molar-refractivity contribution in [2.24, 2.45) is 5.92 Å². The Labute approximate surface area is 195 Å². The maximum absolute atomic E-state index is 14.0. The van der Waals surface area contributed by atoms with Gasteiger partial charge < -0.3 is 10.6 Å². The molecule has 0 unspecified atom stereocenters. The highest BCUT2D eigenvalue weighted by Gasteiger charge is 2.28. The number of amides is 2. The quantitative estimate of drug-likeness (QED) is 0.473. The zero-order valence-electron chi connectivity index (χ0n) is 18.3. The van der Waals surface area contributed by atoms with Crippen LogP contribution in [0.4, 0.5) is 10.2 Å². The fourth-order valence-corrected chi connectivity index (χ4v) is 4.24. The monoisotopic (exact) mass is 458 g/mol. The lowest BCUT2D eigenvalue weighted by Gasteiger charge is -2.28. The number of halogens is 1. The van der Waals surface area contributed by atoms with Crippen LogP contribution in [0.1, 0.15) is 36.2 Å². The van der Waals surface area contributed by atoms with E-state index < -0.39 is 0 Å². The van der Waals surface area contributed by atoms with E-state index in [0.29, 0.717) is 42.9 Å². The van der Waals surface area contributed by atoms with E-state index in [9.17, 15) is 14.0 Å². The Morgan fingerprint density at radius 1 is 1.00 bits per heavy atom. The second-order valence-electron chi connectivity index (χ2n) is 8.37. The summed E-state index contributed by atoms with van der Waals surface area (Å²) >= 11 is 0. The molecule has 0 atom stereocenters. The van der Waals surface area contributed by atoms with Crippen molar-refractivity contribution < 1.29 is 14.0 Å². The summed E-state index contributed by atoms with van der Waals surface area (Å²) in [6.07, 6.45) is 7.67. The minimum atomic E-state index is -0.389. The van der Waals surface area contributed by atoms with Crippen molar-refractivity contribution in [1.29, 1.82) is 0 Å². The summed E-state index contributed by atoms with van der Waals surface area (Å²) in [6.45, 7) is 0. The molecule has 3 aromatic heterocycles. The zero-order valence-corrected chi connectivity index (χ0v) is 18.3. The first-order chi connectivity index (χ1) is 16.6. The van der Waals surface area contributed by atoms with Crippen molar-refractivity contribution in [3.05, 3.63) is 78.6 Å². The molecule has 4 aromatic rings. The van der Waals surface area contributed by atoms with Crippen LogP contribution < -0.4 is 10.6 Å². The van der Waals surface area contributed by atoms with Gasteiger partial charge in [-0.1, -0.05) is 12.1 Å². The molecule has 2 N–H and O–H groups in total. The van der Waals surface area contributed by atoms with Crippen molar-refractivity contribution in [3.63, 3.8) is 0 Å². The molecule has 8 nitrogen and oxygen atoms in total. The summed E-state index contributed by atoms with van der Waals surface area (Å²) in [5.41, 5.74) is 1.40.